The third kappa shape index (κ3) is 3.92. The molecule has 1 fully saturated rings. The molecule has 1 amide bonds. The molecule has 2 aromatic carbocycles. The Morgan fingerprint density at radius 1 is 1.00 bits per heavy atom. The molecule has 138 valence electrons. The highest BCUT2D eigenvalue weighted by Gasteiger charge is 2.23. The number of nitrogens with zero attached hydrogens (tertiary/aromatic N) is 2. The fraction of sp³-hybridized carbons (Fsp3) is 0.318. The van der Waals surface area contributed by atoms with Gasteiger partial charge < -0.3 is 5.32 Å². The van der Waals surface area contributed by atoms with E-state index in [-0.39, 0.29) is 24.1 Å². The number of para-hydroxylation sites is 1. The van der Waals surface area contributed by atoms with Crippen molar-refractivity contribution in [2.45, 2.75) is 44.2 Å². The maximum atomic E-state index is 12.5. The molecular weight excluding hydrogens is 338 g/mol. The van der Waals surface area contributed by atoms with E-state index >= 15 is 0 Å². The van der Waals surface area contributed by atoms with Crippen LogP contribution in [0.5, 0.6) is 0 Å². The summed E-state index contributed by atoms with van der Waals surface area (Å²) in [6.45, 7) is 0.00921. The SMILES string of the molecule is O=C(Cn1cnc2ccccc2c1=O)NC1CCC(c2ccccc2)CC1. The Morgan fingerprint density at radius 2 is 1.70 bits per heavy atom. The number of nitrogens with one attached hydrogen (secondary N) is 1. The standard InChI is InChI=1S/C22H23N3O2/c26-21(14-25-15-23-20-9-5-4-8-19(20)22(25)27)24-18-12-10-17(11-13-18)16-6-2-1-3-7-16/h1-9,15,17-18H,10-14H2,(H,24,26). The van der Waals surface area contributed by atoms with Gasteiger partial charge in [-0.25, -0.2) is 4.98 Å². The lowest BCUT2D eigenvalue weighted by atomic mass is 9.82. The molecule has 0 saturated heterocycles. The minimum atomic E-state index is -0.177. The summed E-state index contributed by atoms with van der Waals surface area (Å²) >= 11 is 0. The summed E-state index contributed by atoms with van der Waals surface area (Å²) in [6.07, 6.45) is 5.54. The van der Waals surface area contributed by atoms with Gasteiger partial charge in [0.25, 0.3) is 5.56 Å². The first-order valence-corrected chi connectivity index (χ1v) is 9.49. The van der Waals surface area contributed by atoms with Gasteiger partial charge >= 0.3 is 0 Å². The molecule has 5 heteroatoms. The topological polar surface area (TPSA) is 64.0 Å². The molecule has 0 radical (unpaired) electrons. The quantitative estimate of drug-likeness (QED) is 0.776. The van der Waals surface area contributed by atoms with E-state index in [1.807, 2.05) is 12.1 Å². The highest BCUT2D eigenvalue weighted by molar-refractivity contribution is 5.79. The Kier molecular flexibility index (Phi) is 5.01. The van der Waals surface area contributed by atoms with E-state index in [1.165, 1.54) is 16.5 Å². The van der Waals surface area contributed by atoms with Crippen molar-refractivity contribution in [3.8, 4) is 0 Å². The third-order valence-corrected chi connectivity index (χ3v) is 5.41. The van der Waals surface area contributed by atoms with E-state index in [9.17, 15) is 9.59 Å². The largest absolute Gasteiger partial charge is 0.352 e. The van der Waals surface area contributed by atoms with Gasteiger partial charge in [-0.2, -0.15) is 0 Å². The number of benzene rings is 2. The molecule has 1 aromatic heterocycles. The molecule has 0 unspecified atom stereocenters. The van der Waals surface area contributed by atoms with E-state index in [1.54, 1.807) is 18.2 Å². The second kappa shape index (κ2) is 7.74. The minimum Gasteiger partial charge on any atom is -0.352 e. The maximum Gasteiger partial charge on any atom is 0.261 e. The number of carbonyl (C=O) groups is 1. The van der Waals surface area contributed by atoms with Crippen LogP contribution in [0.4, 0.5) is 0 Å². The molecule has 27 heavy (non-hydrogen) atoms. The highest BCUT2D eigenvalue weighted by Crippen LogP contribution is 2.32. The third-order valence-electron chi connectivity index (χ3n) is 5.41. The van der Waals surface area contributed by atoms with Crippen molar-refractivity contribution in [1.29, 1.82) is 0 Å². The zero-order chi connectivity index (χ0) is 18.6. The van der Waals surface area contributed by atoms with Crippen LogP contribution < -0.4 is 10.9 Å². The van der Waals surface area contributed by atoms with Crippen LogP contribution in [0.3, 0.4) is 0 Å². The van der Waals surface area contributed by atoms with Gasteiger partial charge in [-0.1, -0.05) is 42.5 Å². The van der Waals surface area contributed by atoms with Crippen LogP contribution >= 0.6 is 0 Å². The number of hydrogen-bond acceptors (Lipinski definition) is 3. The fourth-order valence-electron chi connectivity index (χ4n) is 3.94. The van der Waals surface area contributed by atoms with Gasteiger partial charge in [-0.15, -0.1) is 0 Å². The van der Waals surface area contributed by atoms with Crippen molar-refractivity contribution >= 4 is 16.8 Å². The van der Waals surface area contributed by atoms with Crippen LogP contribution in [0, 0.1) is 0 Å². The number of aromatic nitrogens is 2. The lowest BCUT2D eigenvalue weighted by Gasteiger charge is -2.29. The molecule has 0 spiro atoms. The zero-order valence-corrected chi connectivity index (χ0v) is 15.2. The summed E-state index contributed by atoms with van der Waals surface area (Å²) in [5.74, 6) is 0.448. The lowest BCUT2D eigenvalue weighted by molar-refractivity contribution is -0.122. The number of rotatable bonds is 4. The summed E-state index contributed by atoms with van der Waals surface area (Å²) in [5, 5.41) is 3.63. The average Bonchev–Trinajstić information content (AvgIpc) is 2.71. The van der Waals surface area contributed by atoms with Gasteiger partial charge in [0.15, 0.2) is 0 Å². The molecule has 0 bridgehead atoms. The summed E-state index contributed by atoms with van der Waals surface area (Å²) in [7, 11) is 0. The van der Waals surface area contributed by atoms with Crippen molar-refractivity contribution in [3.63, 3.8) is 0 Å². The van der Waals surface area contributed by atoms with Crippen molar-refractivity contribution in [3.05, 3.63) is 76.8 Å². The smallest absolute Gasteiger partial charge is 0.261 e. The van der Waals surface area contributed by atoms with Gasteiger partial charge in [-0.05, 0) is 49.3 Å². The lowest BCUT2D eigenvalue weighted by Crippen LogP contribution is -2.40. The van der Waals surface area contributed by atoms with Gasteiger partial charge in [-0.3, -0.25) is 14.2 Å². The van der Waals surface area contributed by atoms with Crippen molar-refractivity contribution in [2.24, 2.45) is 0 Å². The molecule has 1 N–H and O–H groups in total. The molecule has 4 rings (SSSR count). The second-order valence-corrected chi connectivity index (χ2v) is 7.22. The number of hydrogen-bond donors (Lipinski definition) is 1. The summed E-state index contributed by atoms with van der Waals surface area (Å²) < 4.78 is 1.38. The number of fused-ring (bicyclic) bond motifs is 1. The highest BCUT2D eigenvalue weighted by atomic mass is 16.2. The van der Waals surface area contributed by atoms with E-state index in [0.717, 1.165) is 25.7 Å². The second-order valence-electron chi connectivity index (χ2n) is 7.22. The van der Waals surface area contributed by atoms with Crippen molar-refractivity contribution < 1.29 is 4.79 Å². The molecule has 1 saturated carbocycles. The van der Waals surface area contributed by atoms with E-state index in [2.05, 4.69) is 34.6 Å². The Labute approximate surface area is 158 Å². The molecule has 3 aromatic rings. The van der Waals surface area contributed by atoms with E-state index < -0.39 is 0 Å². The Hall–Kier alpha value is -2.95. The van der Waals surface area contributed by atoms with Crippen LogP contribution in [0.25, 0.3) is 10.9 Å². The van der Waals surface area contributed by atoms with Crippen molar-refractivity contribution in [2.75, 3.05) is 0 Å². The Bertz CT molecular complexity index is 989. The Balaban J connectivity index is 1.35. The van der Waals surface area contributed by atoms with Crippen LogP contribution in [0.2, 0.25) is 0 Å². The minimum absolute atomic E-state index is 0.00921. The fourth-order valence-corrected chi connectivity index (χ4v) is 3.94. The predicted molar refractivity (Wildman–Crippen MR) is 106 cm³/mol. The van der Waals surface area contributed by atoms with Gasteiger partial charge in [0.2, 0.25) is 5.91 Å². The van der Waals surface area contributed by atoms with Gasteiger partial charge in [0.1, 0.15) is 6.54 Å². The molecule has 1 aliphatic carbocycles. The van der Waals surface area contributed by atoms with Gasteiger partial charge in [0, 0.05) is 6.04 Å². The first kappa shape index (κ1) is 17.5. The molecular formula is C22H23N3O2. The normalized spacial score (nSPS) is 19.7. The first-order chi connectivity index (χ1) is 13.2. The van der Waals surface area contributed by atoms with Crippen LogP contribution in [0.15, 0.2) is 65.7 Å². The molecule has 5 nitrogen and oxygen atoms in total. The van der Waals surface area contributed by atoms with E-state index in [0.29, 0.717) is 16.8 Å². The predicted octanol–water partition coefficient (Wildman–Crippen LogP) is 3.24. The summed E-state index contributed by atoms with van der Waals surface area (Å²) in [5.41, 5.74) is 1.86. The summed E-state index contributed by atoms with van der Waals surface area (Å²) in [4.78, 5) is 29.2. The monoisotopic (exact) mass is 361 g/mol. The van der Waals surface area contributed by atoms with Crippen LogP contribution in [0.1, 0.15) is 37.2 Å². The Morgan fingerprint density at radius 3 is 2.48 bits per heavy atom. The first-order valence-electron chi connectivity index (χ1n) is 9.49. The van der Waals surface area contributed by atoms with Crippen LogP contribution in [-0.4, -0.2) is 21.5 Å². The number of carbonyl (C=O) groups excluding carboxylic acids is 1. The van der Waals surface area contributed by atoms with Gasteiger partial charge in [0.05, 0.1) is 17.2 Å². The molecule has 0 atom stereocenters. The summed E-state index contributed by atoms with van der Waals surface area (Å²) in [6, 6.07) is 17.9. The van der Waals surface area contributed by atoms with Crippen molar-refractivity contribution in [1.82, 2.24) is 14.9 Å². The number of amides is 1. The maximum absolute atomic E-state index is 12.5. The van der Waals surface area contributed by atoms with E-state index in [4.69, 9.17) is 0 Å². The molecule has 1 aliphatic rings. The molecule has 0 aliphatic heterocycles. The van der Waals surface area contributed by atoms with Crippen LogP contribution in [-0.2, 0) is 11.3 Å². The average molecular weight is 361 g/mol. The zero-order valence-electron chi connectivity index (χ0n) is 15.2. The molecule has 1 heterocycles.